The summed E-state index contributed by atoms with van der Waals surface area (Å²) in [5, 5.41) is 0.145. The lowest BCUT2D eigenvalue weighted by atomic mass is 10.1. The van der Waals surface area contributed by atoms with Crippen molar-refractivity contribution in [3.8, 4) is 0 Å². The molecule has 1 aliphatic rings. The molecule has 1 fully saturated rings. The summed E-state index contributed by atoms with van der Waals surface area (Å²) >= 11 is 1.41. The molecule has 0 amide bonds. The Morgan fingerprint density at radius 2 is 1.83 bits per heavy atom. The van der Waals surface area contributed by atoms with Crippen molar-refractivity contribution in [3.05, 3.63) is 29.8 Å². The minimum atomic E-state index is 0.145. The summed E-state index contributed by atoms with van der Waals surface area (Å²) in [6, 6.07) is 7.15. The van der Waals surface area contributed by atoms with Crippen LogP contribution in [0.4, 0.5) is 5.69 Å². The largest absolute Gasteiger partial charge is 0.399 e. The highest BCUT2D eigenvalue weighted by molar-refractivity contribution is 8.14. The summed E-state index contributed by atoms with van der Waals surface area (Å²) < 4.78 is 0. The van der Waals surface area contributed by atoms with Gasteiger partial charge in [-0.05, 0) is 50.2 Å². The number of anilines is 1. The zero-order chi connectivity index (χ0) is 12.8. The lowest BCUT2D eigenvalue weighted by molar-refractivity contribution is 0.108. The molecule has 98 valence electrons. The van der Waals surface area contributed by atoms with Crippen molar-refractivity contribution in [2.75, 3.05) is 31.1 Å². The molecule has 0 atom stereocenters. The van der Waals surface area contributed by atoms with E-state index < -0.39 is 0 Å². The minimum Gasteiger partial charge on any atom is -0.399 e. The normalized spacial score (nSPS) is 16.7. The van der Waals surface area contributed by atoms with Crippen molar-refractivity contribution in [1.29, 1.82) is 0 Å². The quantitative estimate of drug-likeness (QED) is 0.849. The third-order valence-electron chi connectivity index (χ3n) is 3.24. The number of hydrogen-bond donors (Lipinski definition) is 1. The summed E-state index contributed by atoms with van der Waals surface area (Å²) in [5.41, 5.74) is 7.04. The molecule has 0 radical (unpaired) electrons. The van der Waals surface area contributed by atoms with Gasteiger partial charge in [0.2, 0.25) is 5.12 Å². The lowest BCUT2D eigenvalue weighted by Crippen LogP contribution is -2.31. The molecule has 0 aliphatic carbocycles. The van der Waals surface area contributed by atoms with Gasteiger partial charge in [-0.3, -0.25) is 4.79 Å². The van der Waals surface area contributed by atoms with E-state index in [1.165, 1.54) is 44.1 Å². The van der Waals surface area contributed by atoms with Gasteiger partial charge in [0, 0.05) is 23.5 Å². The van der Waals surface area contributed by atoms with Gasteiger partial charge in [-0.1, -0.05) is 18.2 Å². The molecule has 3 nitrogen and oxygen atoms in total. The smallest absolute Gasteiger partial charge is 0.219 e. The Bertz CT molecular complexity index is 385. The van der Waals surface area contributed by atoms with Gasteiger partial charge in [0.15, 0.2) is 0 Å². The molecule has 2 rings (SSSR count). The summed E-state index contributed by atoms with van der Waals surface area (Å²) in [6.07, 6.45) is 3.96. The fraction of sp³-hybridized carbons (Fsp3) is 0.500. The zero-order valence-corrected chi connectivity index (χ0v) is 11.4. The minimum absolute atomic E-state index is 0.145. The molecular weight excluding hydrogens is 244 g/mol. The van der Waals surface area contributed by atoms with E-state index in [2.05, 4.69) is 4.90 Å². The molecule has 1 aromatic rings. The van der Waals surface area contributed by atoms with Crippen LogP contribution in [0.25, 0.3) is 0 Å². The number of nitrogens with zero attached hydrogens (tertiary/aromatic N) is 1. The Kier molecular flexibility index (Phi) is 5.08. The number of rotatable bonds is 4. The molecular formula is C14H20N2OS. The molecule has 0 aromatic heterocycles. The molecule has 1 heterocycles. The Morgan fingerprint density at radius 3 is 2.50 bits per heavy atom. The van der Waals surface area contributed by atoms with E-state index in [0.717, 1.165) is 17.9 Å². The first-order chi connectivity index (χ1) is 8.75. The number of nitrogens with two attached hydrogens (primary N) is 1. The van der Waals surface area contributed by atoms with E-state index >= 15 is 0 Å². The molecule has 2 N–H and O–H groups in total. The second-order valence-corrected chi connectivity index (χ2v) is 5.73. The molecule has 1 saturated heterocycles. The molecule has 4 heteroatoms. The number of benzene rings is 1. The van der Waals surface area contributed by atoms with Crippen molar-refractivity contribution >= 4 is 22.6 Å². The van der Waals surface area contributed by atoms with Gasteiger partial charge in [-0.15, -0.1) is 0 Å². The van der Waals surface area contributed by atoms with Crippen LogP contribution in [0, 0.1) is 0 Å². The average molecular weight is 264 g/mol. The number of likely N-dealkylation sites (tertiary alicyclic amines) is 1. The van der Waals surface area contributed by atoms with Crippen LogP contribution in [-0.4, -0.2) is 35.4 Å². The van der Waals surface area contributed by atoms with Crippen LogP contribution >= 0.6 is 11.8 Å². The highest BCUT2D eigenvalue weighted by atomic mass is 32.2. The first-order valence-corrected chi connectivity index (χ1v) is 7.49. The number of thioether (sulfide) groups is 1. The Labute approximate surface area is 113 Å². The van der Waals surface area contributed by atoms with Crippen LogP contribution in [0.15, 0.2) is 24.3 Å². The van der Waals surface area contributed by atoms with Crippen LogP contribution in [-0.2, 0) is 0 Å². The molecule has 1 aromatic carbocycles. The number of piperidine rings is 1. The number of hydrogen-bond acceptors (Lipinski definition) is 4. The van der Waals surface area contributed by atoms with Gasteiger partial charge in [-0.2, -0.15) is 0 Å². The van der Waals surface area contributed by atoms with E-state index in [-0.39, 0.29) is 5.12 Å². The number of carbonyl (C=O) groups excluding carboxylic acids is 1. The van der Waals surface area contributed by atoms with E-state index in [4.69, 9.17) is 5.73 Å². The number of carbonyl (C=O) groups is 1. The van der Waals surface area contributed by atoms with Crippen LogP contribution in [0.1, 0.15) is 29.6 Å². The van der Waals surface area contributed by atoms with Gasteiger partial charge in [0.1, 0.15) is 0 Å². The second kappa shape index (κ2) is 6.81. The first kappa shape index (κ1) is 13.4. The molecule has 0 unspecified atom stereocenters. The van der Waals surface area contributed by atoms with Gasteiger partial charge >= 0.3 is 0 Å². The fourth-order valence-electron chi connectivity index (χ4n) is 2.15. The average Bonchev–Trinajstić information content (AvgIpc) is 2.40. The first-order valence-electron chi connectivity index (χ1n) is 6.51. The monoisotopic (exact) mass is 264 g/mol. The SMILES string of the molecule is Nc1ccc(C(=O)SCCN2CCCCC2)cc1. The Hall–Kier alpha value is -1.00. The highest BCUT2D eigenvalue weighted by Gasteiger charge is 2.11. The summed E-state index contributed by atoms with van der Waals surface area (Å²) in [7, 11) is 0. The van der Waals surface area contributed by atoms with Crippen molar-refractivity contribution < 1.29 is 4.79 Å². The zero-order valence-electron chi connectivity index (χ0n) is 10.6. The van der Waals surface area contributed by atoms with Gasteiger partial charge in [0.25, 0.3) is 0 Å². The molecule has 0 saturated carbocycles. The van der Waals surface area contributed by atoms with Crippen molar-refractivity contribution in [3.63, 3.8) is 0 Å². The van der Waals surface area contributed by atoms with Gasteiger partial charge in [-0.25, -0.2) is 0 Å². The maximum Gasteiger partial charge on any atom is 0.219 e. The van der Waals surface area contributed by atoms with Crippen LogP contribution < -0.4 is 5.73 Å². The summed E-state index contributed by atoms with van der Waals surface area (Å²) in [4.78, 5) is 14.4. The third kappa shape index (κ3) is 4.03. The van der Waals surface area contributed by atoms with Crippen LogP contribution in [0.3, 0.4) is 0 Å². The standard InChI is InChI=1S/C14H20N2OS/c15-13-6-4-12(5-7-13)14(17)18-11-10-16-8-2-1-3-9-16/h4-7H,1-3,8-11,15H2. The van der Waals surface area contributed by atoms with Crippen molar-refractivity contribution in [2.45, 2.75) is 19.3 Å². The van der Waals surface area contributed by atoms with Crippen molar-refractivity contribution in [2.24, 2.45) is 0 Å². The molecule has 18 heavy (non-hydrogen) atoms. The topological polar surface area (TPSA) is 46.3 Å². The summed E-state index contributed by atoms with van der Waals surface area (Å²) in [6.45, 7) is 3.40. The Balaban J connectivity index is 1.72. The van der Waals surface area contributed by atoms with E-state index in [9.17, 15) is 4.79 Å². The molecule has 1 aliphatic heterocycles. The molecule has 0 spiro atoms. The highest BCUT2D eigenvalue weighted by Crippen LogP contribution is 2.15. The van der Waals surface area contributed by atoms with Crippen LogP contribution in [0.2, 0.25) is 0 Å². The van der Waals surface area contributed by atoms with E-state index in [1.54, 1.807) is 24.3 Å². The Morgan fingerprint density at radius 1 is 1.17 bits per heavy atom. The predicted molar refractivity (Wildman–Crippen MR) is 77.9 cm³/mol. The predicted octanol–water partition coefficient (Wildman–Crippen LogP) is 2.63. The van der Waals surface area contributed by atoms with Gasteiger partial charge in [0.05, 0.1) is 0 Å². The third-order valence-corrected chi connectivity index (χ3v) is 4.12. The maximum absolute atomic E-state index is 11.9. The van der Waals surface area contributed by atoms with Crippen LogP contribution in [0.5, 0.6) is 0 Å². The van der Waals surface area contributed by atoms with Crippen molar-refractivity contribution in [1.82, 2.24) is 4.90 Å². The molecule has 0 bridgehead atoms. The van der Waals surface area contributed by atoms with E-state index in [0.29, 0.717) is 5.69 Å². The summed E-state index contributed by atoms with van der Waals surface area (Å²) in [5.74, 6) is 0.878. The lowest BCUT2D eigenvalue weighted by Gasteiger charge is -2.25. The van der Waals surface area contributed by atoms with E-state index in [1.807, 2.05) is 0 Å². The van der Waals surface area contributed by atoms with Gasteiger partial charge < -0.3 is 10.6 Å². The second-order valence-electron chi connectivity index (χ2n) is 4.66. The fourth-order valence-corrected chi connectivity index (χ4v) is 2.99. The maximum atomic E-state index is 11.9. The number of nitrogen functional groups attached to an aromatic ring is 1.